The molecular weight excluding hydrogens is 256 g/mol. The molecule has 0 aromatic heterocycles. The smallest absolute Gasteiger partial charge is 0.119 e. The van der Waals surface area contributed by atoms with Crippen LogP contribution in [0.1, 0.15) is 13.3 Å². The quantitative estimate of drug-likeness (QED) is 0.764. The molecule has 0 radical (unpaired) electrons. The van der Waals surface area contributed by atoms with Crippen LogP contribution in [0, 0.1) is 0 Å². The van der Waals surface area contributed by atoms with Crippen LogP contribution in [0.3, 0.4) is 0 Å². The molecular formula is C15H24N2O3. The summed E-state index contributed by atoms with van der Waals surface area (Å²) in [5.41, 5.74) is 6.31. The normalized spacial score (nSPS) is 21.6. The fourth-order valence-corrected chi connectivity index (χ4v) is 2.30. The van der Waals surface area contributed by atoms with Crippen molar-refractivity contribution in [2.45, 2.75) is 25.6 Å². The number of hydrogen-bond acceptors (Lipinski definition) is 5. The molecule has 112 valence electrons. The number of ether oxygens (including phenoxy) is 2. The molecule has 1 fully saturated rings. The Labute approximate surface area is 120 Å². The van der Waals surface area contributed by atoms with Gasteiger partial charge < -0.3 is 20.3 Å². The fraction of sp³-hybridized carbons (Fsp3) is 0.600. The monoisotopic (exact) mass is 280 g/mol. The van der Waals surface area contributed by atoms with Crippen LogP contribution in [0.25, 0.3) is 0 Å². The number of nitrogens with zero attached hydrogens (tertiary/aromatic N) is 1. The molecule has 0 spiro atoms. The number of aliphatic hydroxyl groups excluding tert-OH is 1. The lowest BCUT2D eigenvalue weighted by atomic mass is 10.2. The zero-order valence-electron chi connectivity index (χ0n) is 12.0. The molecule has 0 bridgehead atoms. The van der Waals surface area contributed by atoms with Crippen LogP contribution in [0.4, 0.5) is 5.69 Å². The van der Waals surface area contributed by atoms with Crippen molar-refractivity contribution in [2.75, 3.05) is 38.6 Å². The van der Waals surface area contributed by atoms with E-state index in [4.69, 9.17) is 15.2 Å². The first-order valence-corrected chi connectivity index (χ1v) is 7.17. The van der Waals surface area contributed by atoms with Crippen LogP contribution in [-0.4, -0.2) is 55.1 Å². The van der Waals surface area contributed by atoms with Gasteiger partial charge in [-0.3, -0.25) is 4.90 Å². The third-order valence-corrected chi connectivity index (χ3v) is 3.47. The standard InChI is InChI=1S/C15H24N2O3/c1-2-14-10-17(7-8-19-14)9-13(18)11-20-15-5-3-12(16)4-6-15/h3-6,13-14,18H,2,7-11,16H2,1H3. The molecule has 3 N–H and O–H groups in total. The van der Waals surface area contributed by atoms with Crippen molar-refractivity contribution in [3.05, 3.63) is 24.3 Å². The Morgan fingerprint density at radius 1 is 1.45 bits per heavy atom. The van der Waals surface area contributed by atoms with E-state index in [9.17, 15) is 5.11 Å². The second-order valence-corrected chi connectivity index (χ2v) is 5.19. The maximum absolute atomic E-state index is 10.0. The van der Waals surface area contributed by atoms with Gasteiger partial charge in [0.15, 0.2) is 0 Å². The van der Waals surface area contributed by atoms with Gasteiger partial charge in [-0.05, 0) is 30.7 Å². The average Bonchev–Trinajstić information content (AvgIpc) is 2.47. The molecule has 1 saturated heterocycles. The second-order valence-electron chi connectivity index (χ2n) is 5.19. The number of β-amino-alcohol motifs (C(OH)–C–C–N with tert-alkyl or cyclic N) is 1. The van der Waals surface area contributed by atoms with Gasteiger partial charge in [0.1, 0.15) is 18.5 Å². The van der Waals surface area contributed by atoms with Crippen LogP contribution in [0.5, 0.6) is 5.75 Å². The van der Waals surface area contributed by atoms with Gasteiger partial charge in [-0.15, -0.1) is 0 Å². The fourth-order valence-electron chi connectivity index (χ4n) is 2.30. The van der Waals surface area contributed by atoms with Gasteiger partial charge in [0.05, 0.1) is 12.7 Å². The third-order valence-electron chi connectivity index (χ3n) is 3.47. The van der Waals surface area contributed by atoms with Gasteiger partial charge in [-0.2, -0.15) is 0 Å². The van der Waals surface area contributed by atoms with Crippen LogP contribution < -0.4 is 10.5 Å². The number of benzene rings is 1. The van der Waals surface area contributed by atoms with E-state index in [-0.39, 0.29) is 12.7 Å². The van der Waals surface area contributed by atoms with Gasteiger partial charge in [-0.25, -0.2) is 0 Å². The molecule has 0 aliphatic carbocycles. The molecule has 0 saturated carbocycles. The Morgan fingerprint density at radius 2 is 2.20 bits per heavy atom. The van der Waals surface area contributed by atoms with Gasteiger partial charge in [-0.1, -0.05) is 6.92 Å². The summed E-state index contributed by atoms with van der Waals surface area (Å²) in [6.45, 7) is 5.52. The highest BCUT2D eigenvalue weighted by Gasteiger charge is 2.21. The van der Waals surface area contributed by atoms with Crippen LogP contribution in [-0.2, 0) is 4.74 Å². The maximum Gasteiger partial charge on any atom is 0.119 e. The lowest BCUT2D eigenvalue weighted by Gasteiger charge is -2.33. The number of anilines is 1. The first-order chi connectivity index (χ1) is 9.67. The first kappa shape index (κ1) is 15.1. The van der Waals surface area contributed by atoms with E-state index in [0.29, 0.717) is 12.2 Å². The molecule has 20 heavy (non-hydrogen) atoms. The van der Waals surface area contributed by atoms with Crippen LogP contribution >= 0.6 is 0 Å². The van der Waals surface area contributed by atoms with Crippen LogP contribution in [0.15, 0.2) is 24.3 Å². The summed E-state index contributed by atoms with van der Waals surface area (Å²) in [7, 11) is 0. The maximum atomic E-state index is 10.0. The summed E-state index contributed by atoms with van der Waals surface area (Å²) in [6.07, 6.45) is 0.797. The molecule has 5 nitrogen and oxygen atoms in total. The number of morpholine rings is 1. The summed E-state index contributed by atoms with van der Waals surface area (Å²) in [6, 6.07) is 7.19. The minimum atomic E-state index is -0.497. The summed E-state index contributed by atoms with van der Waals surface area (Å²) in [4.78, 5) is 2.23. The highest BCUT2D eigenvalue weighted by Crippen LogP contribution is 2.14. The molecule has 0 amide bonds. The highest BCUT2D eigenvalue weighted by molar-refractivity contribution is 5.41. The largest absolute Gasteiger partial charge is 0.491 e. The predicted molar refractivity (Wildman–Crippen MR) is 78.8 cm³/mol. The van der Waals surface area contributed by atoms with Gasteiger partial charge in [0.25, 0.3) is 0 Å². The second kappa shape index (κ2) is 7.47. The molecule has 5 heteroatoms. The Hall–Kier alpha value is -1.30. The Morgan fingerprint density at radius 3 is 2.90 bits per heavy atom. The zero-order chi connectivity index (χ0) is 14.4. The Kier molecular flexibility index (Phi) is 5.64. The number of nitrogen functional groups attached to an aromatic ring is 1. The van der Waals surface area contributed by atoms with E-state index in [0.717, 1.165) is 31.9 Å². The van der Waals surface area contributed by atoms with E-state index in [1.807, 2.05) is 12.1 Å². The lowest BCUT2D eigenvalue weighted by molar-refractivity contribution is -0.0453. The van der Waals surface area contributed by atoms with Crippen molar-refractivity contribution < 1.29 is 14.6 Å². The molecule has 1 aromatic carbocycles. The first-order valence-electron chi connectivity index (χ1n) is 7.17. The van der Waals surface area contributed by atoms with Crippen molar-refractivity contribution in [3.8, 4) is 5.75 Å². The predicted octanol–water partition coefficient (Wildman–Crippen LogP) is 1.12. The topological polar surface area (TPSA) is 68.0 Å². The summed E-state index contributed by atoms with van der Waals surface area (Å²) >= 11 is 0. The summed E-state index contributed by atoms with van der Waals surface area (Å²) in [5, 5.41) is 10.0. The van der Waals surface area contributed by atoms with Crippen molar-refractivity contribution in [3.63, 3.8) is 0 Å². The summed E-state index contributed by atoms with van der Waals surface area (Å²) in [5.74, 6) is 0.728. The number of aliphatic hydroxyl groups is 1. The van der Waals surface area contributed by atoms with Crippen molar-refractivity contribution in [1.29, 1.82) is 0 Å². The molecule has 1 aliphatic rings. The molecule has 1 aromatic rings. The molecule has 2 unspecified atom stereocenters. The van der Waals surface area contributed by atoms with E-state index in [2.05, 4.69) is 11.8 Å². The molecule has 1 heterocycles. The molecule has 2 rings (SSSR count). The van der Waals surface area contributed by atoms with Crippen molar-refractivity contribution >= 4 is 5.69 Å². The minimum absolute atomic E-state index is 0.286. The van der Waals surface area contributed by atoms with E-state index in [1.165, 1.54) is 0 Å². The van der Waals surface area contributed by atoms with Gasteiger partial charge in [0.2, 0.25) is 0 Å². The van der Waals surface area contributed by atoms with Gasteiger partial charge in [0, 0.05) is 25.3 Å². The Bertz CT molecular complexity index is 397. The van der Waals surface area contributed by atoms with Crippen molar-refractivity contribution in [1.82, 2.24) is 4.90 Å². The van der Waals surface area contributed by atoms with Gasteiger partial charge >= 0.3 is 0 Å². The highest BCUT2D eigenvalue weighted by atomic mass is 16.5. The Balaban J connectivity index is 1.72. The molecule has 2 atom stereocenters. The minimum Gasteiger partial charge on any atom is -0.491 e. The third kappa shape index (κ3) is 4.67. The van der Waals surface area contributed by atoms with Crippen LogP contribution in [0.2, 0.25) is 0 Å². The average molecular weight is 280 g/mol. The lowest BCUT2D eigenvalue weighted by Crippen LogP contribution is -2.46. The molecule has 1 aliphatic heterocycles. The zero-order valence-corrected chi connectivity index (χ0v) is 12.0. The van der Waals surface area contributed by atoms with E-state index >= 15 is 0 Å². The number of nitrogens with two attached hydrogens (primary N) is 1. The number of hydrogen-bond donors (Lipinski definition) is 2. The van der Waals surface area contributed by atoms with Crippen molar-refractivity contribution in [2.24, 2.45) is 0 Å². The van der Waals surface area contributed by atoms with E-state index in [1.54, 1.807) is 12.1 Å². The van der Waals surface area contributed by atoms with E-state index < -0.39 is 6.10 Å². The SMILES string of the molecule is CCC1CN(CC(O)COc2ccc(N)cc2)CCO1. The summed E-state index contributed by atoms with van der Waals surface area (Å²) < 4.78 is 11.2. The number of rotatable bonds is 6.